The van der Waals surface area contributed by atoms with E-state index in [-0.39, 0.29) is 12.1 Å². The highest BCUT2D eigenvalue weighted by atomic mass is 16.2. The number of hydrogen-bond donors (Lipinski definition) is 2. The SMILES string of the molecule is Cc1ccncc1N1CCN(c2ccc3c(c2)NNC3C=O)C1=O. The number of fused-ring (bicyclic) bond motifs is 1. The molecule has 7 nitrogen and oxygen atoms in total. The Morgan fingerprint density at radius 3 is 2.88 bits per heavy atom. The second-order valence-corrected chi connectivity index (χ2v) is 5.90. The molecule has 0 spiro atoms. The minimum absolute atomic E-state index is 0.0658. The lowest BCUT2D eigenvalue weighted by Crippen LogP contribution is -2.32. The molecule has 0 radical (unpaired) electrons. The lowest BCUT2D eigenvalue weighted by Gasteiger charge is -2.20. The van der Waals surface area contributed by atoms with Crippen LogP contribution in [-0.4, -0.2) is 30.4 Å². The number of hydrogen-bond acceptors (Lipinski definition) is 5. The Morgan fingerprint density at radius 2 is 2.08 bits per heavy atom. The summed E-state index contributed by atoms with van der Waals surface area (Å²) >= 11 is 0. The summed E-state index contributed by atoms with van der Waals surface area (Å²) in [4.78, 5) is 31.4. The summed E-state index contributed by atoms with van der Waals surface area (Å²) in [5, 5.41) is 0. The average Bonchev–Trinajstić information content (AvgIpc) is 3.18. The zero-order chi connectivity index (χ0) is 16.7. The fraction of sp³-hybridized carbons (Fsp3) is 0.235. The summed E-state index contributed by atoms with van der Waals surface area (Å²) in [6.07, 6.45) is 4.30. The summed E-state index contributed by atoms with van der Waals surface area (Å²) in [7, 11) is 0. The molecule has 2 N–H and O–H groups in total. The largest absolute Gasteiger partial charge is 0.329 e. The van der Waals surface area contributed by atoms with E-state index >= 15 is 0 Å². The Bertz CT molecular complexity index is 822. The van der Waals surface area contributed by atoms with Gasteiger partial charge in [-0.05, 0) is 30.7 Å². The molecule has 1 aromatic carbocycles. The van der Waals surface area contributed by atoms with Crippen LogP contribution in [0.5, 0.6) is 0 Å². The van der Waals surface area contributed by atoms with E-state index in [0.717, 1.165) is 34.5 Å². The first-order valence-electron chi connectivity index (χ1n) is 7.79. The van der Waals surface area contributed by atoms with E-state index in [1.165, 1.54) is 0 Å². The maximum atomic E-state index is 12.8. The highest BCUT2D eigenvalue weighted by Gasteiger charge is 2.32. The van der Waals surface area contributed by atoms with Crippen molar-refractivity contribution in [2.45, 2.75) is 13.0 Å². The monoisotopic (exact) mass is 323 g/mol. The number of amides is 2. The summed E-state index contributed by atoms with van der Waals surface area (Å²) in [6.45, 7) is 3.19. The second-order valence-electron chi connectivity index (χ2n) is 5.90. The Hall–Kier alpha value is -2.93. The summed E-state index contributed by atoms with van der Waals surface area (Å²) in [6, 6.07) is 7.13. The van der Waals surface area contributed by atoms with Gasteiger partial charge in [-0.3, -0.25) is 14.8 Å². The maximum absolute atomic E-state index is 12.8. The van der Waals surface area contributed by atoms with Crippen molar-refractivity contribution in [3.63, 3.8) is 0 Å². The van der Waals surface area contributed by atoms with E-state index in [1.807, 2.05) is 31.2 Å². The summed E-state index contributed by atoms with van der Waals surface area (Å²) in [5.74, 6) is 0. The number of carbonyl (C=O) groups excluding carboxylic acids is 2. The van der Waals surface area contributed by atoms with Crippen molar-refractivity contribution in [3.8, 4) is 0 Å². The van der Waals surface area contributed by atoms with Crippen LogP contribution < -0.4 is 20.7 Å². The first-order chi connectivity index (χ1) is 11.7. The topological polar surface area (TPSA) is 77.6 Å². The zero-order valence-electron chi connectivity index (χ0n) is 13.2. The summed E-state index contributed by atoms with van der Waals surface area (Å²) < 4.78 is 0. The van der Waals surface area contributed by atoms with Gasteiger partial charge in [0, 0.05) is 30.5 Å². The molecule has 0 saturated carbocycles. The number of anilines is 3. The van der Waals surface area contributed by atoms with Crippen LogP contribution in [0.1, 0.15) is 17.2 Å². The summed E-state index contributed by atoms with van der Waals surface area (Å²) in [5.41, 5.74) is 10.3. The van der Waals surface area contributed by atoms with E-state index in [0.29, 0.717) is 13.1 Å². The van der Waals surface area contributed by atoms with Crippen molar-refractivity contribution in [1.29, 1.82) is 0 Å². The molecule has 1 unspecified atom stereocenters. The molecule has 24 heavy (non-hydrogen) atoms. The third-order valence-corrected chi connectivity index (χ3v) is 4.49. The van der Waals surface area contributed by atoms with Crippen LogP contribution >= 0.6 is 0 Å². The van der Waals surface area contributed by atoms with Gasteiger partial charge in [-0.1, -0.05) is 6.07 Å². The predicted molar refractivity (Wildman–Crippen MR) is 91.1 cm³/mol. The number of aromatic nitrogens is 1. The van der Waals surface area contributed by atoms with Gasteiger partial charge in [0.05, 0.1) is 17.6 Å². The molecule has 122 valence electrons. The number of urea groups is 1. The Labute approximate surface area is 139 Å². The fourth-order valence-corrected chi connectivity index (χ4v) is 3.17. The van der Waals surface area contributed by atoms with Crippen molar-refractivity contribution in [3.05, 3.63) is 47.8 Å². The molecule has 4 rings (SSSR count). The van der Waals surface area contributed by atoms with Crippen molar-refractivity contribution in [2.75, 3.05) is 28.3 Å². The van der Waals surface area contributed by atoms with Gasteiger partial charge < -0.3 is 10.2 Å². The molecule has 2 aliphatic heterocycles. The zero-order valence-corrected chi connectivity index (χ0v) is 13.2. The lowest BCUT2D eigenvalue weighted by molar-refractivity contribution is -0.109. The molecule has 2 aromatic rings. The molecule has 2 amide bonds. The number of benzene rings is 1. The van der Waals surface area contributed by atoms with E-state index in [9.17, 15) is 9.59 Å². The molecular weight excluding hydrogens is 306 g/mol. The highest BCUT2D eigenvalue weighted by molar-refractivity contribution is 6.06. The van der Waals surface area contributed by atoms with Gasteiger partial charge in [-0.15, -0.1) is 0 Å². The van der Waals surface area contributed by atoms with Crippen molar-refractivity contribution in [2.24, 2.45) is 0 Å². The van der Waals surface area contributed by atoms with Crippen LogP contribution in [0, 0.1) is 6.92 Å². The van der Waals surface area contributed by atoms with Gasteiger partial charge in [0.25, 0.3) is 0 Å². The predicted octanol–water partition coefficient (Wildman–Crippen LogP) is 2.01. The van der Waals surface area contributed by atoms with E-state index in [1.54, 1.807) is 22.2 Å². The number of rotatable bonds is 3. The average molecular weight is 323 g/mol. The van der Waals surface area contributed by atoms with Gasteiger partial charge in [-0.25, -0.2) is 10.2 Å². The quantitative estimate of drug-likeness (QED) is 0.845. The minimum atomic E-state index is -0.349. The van der Waals surface area contributed by atoms with Crippen molar-refractivity contribution in [1.82, 2.24) is 10.4 Å². The minimum Gasteiger partial charge on any atom is -0.320 e. The molecule has 0 bridgehead atoms. The van der Waals surface area contributed by atoms with Gasteiger partial charge in [0.2, 0.25) is 0 Å². The molecule has 2 aliphatic rings. The third-order valence-electron chi connectivity index (χ3n) is 4.49. The number of nitrogens with zero attached hydrogens (tertiary/aromatic N) is 3. The molecule has 0 aliphatic carbocycles. The van der Waals surface area contributed by atoms with Crippen LogP contribution in [0.2, 0.25) is 0 Å². The Balaban J connectivity index is 1.62. The Kier molecular flexibility index (Phi) is 3.42. The molecule has 7 heteroatoms. The first kappa shape index (κ1) is 14.6. The maximum Gasteiger partial charge on any atom is 0.329 e. The fourth-order valence-electron chi connectivity index (χ4n) is 3.17. The standard InChI is InChI=1S/C17H17N5O2/c1-11-4-5-18-9-16(11)22-7-6-21(17(22)24)12-2-3-13-14(8-12)19-20-15(13)10-23/h2-5,8-10,15,19-20H,6-7H2,1H3. The normalized spacial score (nSPS) is 19.4. The number of carbonyl (C=O) groups is 2. The number of pyridine rings is 1. The molecular formula is C17H17N5O2. The molecule has 1 atom stereocenters. The van der Waals surface area contributed by atoms with Crippen LogP contribution in [0.25, 0.3) is 0 Å². The molecule has 1 saturated heterocycles. The van der Waals surface area contributed by atoms with E-state index in [4.69, 9.17) is 0 Å². The van der Waals surface area contributed by atoms with Gasteiger partial charge in [0.1, 0.15) is 12.3 Å². The van der Waals surface area contributed by atoms with E-state index < -0.39 is 0 Å². The second kappa shape index (κ2) is 5.61. The number of aldehydes is 1. The van der Waals surface area contributed by atoms with E-state index in [2.05, 4.69) is 15.8 Å². The highest BCUT2D eigenvalue weighted by Crippen LogP contribution is 2.33. The lowest BCUT2D eigenvalue weighted by atomic mass is 10.1. The smallest absolute Gasteiger partial charge is 0.320 e. The van der Waals surface area contributed by atoms with Gasteiger partial charge >= 0.3 is 6.03 Å². The van der Waals surface area contributed by atoms with Gasteiger partial charge in [-0.2, -0.15) is 0 Å². The first-order valence-corrected chi connectivity index (χ1v) is 7.79. The third kappa shape index (κ3) is 2.21. The van der Waals surface area contributed by atoms with Crippen molar-refractivity contribution < 1.29 is 9.59 Å². The molecule has 1 fully saturated rings. The Morgan fingerprint density at radius 1 is 1.25 bits per heavy atom. The molecule has 3 heterocycles. The number of aryl methyl sites for hydroxylation is 1. The van der Waals surface area contributed by atoms with Crippen LogP contribution in [0.3, 0.4) is 0 Å². The molecule has 1 aromatic heterocycles. The van der Waals surface area contributed by atoms with Crippen LogP contribution in [-0.2, 0) is 4.79 Å². The number of nitrogens with one attached hydrogen (secondary N) is 2. The van der Waals surface area contributed by atoms with Crippen molar-refractivity contribution >= 4 is 29.4 Å². The van der Waals surface area contributed by atoms with Gasteiger partial charge in [0.15, 0.2) is 0 Å². The van der Waals surface area contributed by atoms with Crippen LogP contribution in [0.15, 0.2) is 36.7 Å². The van der Waals surface area contributed by atoms with Crippen LogP contribution in [0.4, 0.5) is 21.9 Å². The number of hydrazine groups is 1.